The lowest BCUT2D eigenvalue weighted by atomic mass is 9.95. The SMILES string of the molecule is c1ccc(-c2cc(-c3ccccc3)cc(N(c3cccc(-c4cccc(-n5c6ccccc6c6cc(-c7ccccc7)ccc65)c4)c3)c3cc(-c4ccccc4)cc(-c4ccccc4)c3)c2)cc1. The van der Waals surface area contributed by atoms with E-state index in [-0.39, 0.29) is 0 Å². The van der Waals surface area contributed by atoms with Crippen LogP contribution >= 0.6 is 0 Å². The Morgan fingerprint density at radius 2 is 0.574 bits per heavy atom. The lowest BCUT2D eigenvalue weighted by molar-refractivity contribution is 1.18. The predicted molar refractivity (Wildman–Crippen MR) is 288 cm³/mol. The molecule has 320 valence electrons. The first-order valence-corrected chi connectivity index (χ1v) is 23.3. The van der Waals surface area contributed by atoms with Crippen LogP contribution in [0.15, 0.2) is 279 Å². The minimum absolute atomic E-state index is 1.06. The number of fused-ring (bicyclic) bond motifs is 3. The summed E-state index contributed by atoms with van der Waals surface area (Å²) in [7, 11) is 0. The Bertz CT molecular complexity index is 3470. The summed E-state index contributed by atoms with van der Waals surface area (Å²) in [6, 6.07) is 101. The van der Waals surface area contributed by atoms with E-state index in [1.807, 2.05) is 0 Å². The number of hydrogen-bond acceptors (Lipinski definition) is 1. The van der Waals surface area contributed by atoms with Gasteiger partial charge in [0.1, 0.15) is 0 Å². The van der Waals surface area contributed by atoms with Crippen molar-refractivity contribution in [2.45, 2.75) is 0 Å². The minimum Gasteiger partial charge on any atom is -0.310 e. The van der Waals surface area contributed by atoms with E-state index in [0.29, 0.717) is 0 Å². The molecule has 0 unspecified atom stereocenters. The molecule has 0 atom stereocenters. The molecule has 12 aromatic rings. The number of aromatic nitrogens is 1. The Kier molecular flexibility index (Phi) is 10.6. The fourth-order valence-corrected chi connectivity index (χ4v) is 9.83. The zero-order valence-electron chi connectivity index (χ0n) is 37.5. The molecule has 0 aliphatic heterocycles. The molecule has 1 aromatic heterocycles. The van der Waals surface area contributed by atoms with E-state index in [2.05, 4.69) is 289 Å². The Hall–Kier alpha value is -8.98. The number of para-hydroxylation sites is 1. The molecule has 0 saturated carbocycles. The molecule has 0 N–H and O–H groups in total. The van der Waals surface area contributed by atoms with Gasteiger partial charge in [-0.2, -0.15) is 0 Å². The van der Waals surface area contributed by atoms with Gasteiger partial charge in [0.15, 0.2) is 0 Å². The molecule has 0 fully saturated rings. The van der Waals surface area contributed by atoms with Gasteiger partial charge >= 0.3 is 0 Å². The van der Waals surface area contributed by atoms with Crippen LogP contribution in [0.4, 0.5) is 17.1 Å². The van der Waals surface area contributed by atoms with Gasteiger partial charge in [-0.25, -0.2) is 0 Å². The molecular formula is C66H46N2. The number of benzene rings is 11. The molecular weight excluding hydrogens is 821 g/mol. The van der Waals surface area contributed by atoms with Gasteiger partial charge in [-0.1, -0.05) is 200 Å². The molecule has 2 nitrogen and oxygen atoms in total. The maximum atomic E-state index is 2.45. The topological polar surface area (TPSA) is 8.17 Å². The van der Waals surface area contributed by atoms with Crippen molar-refractivity contribution in [3.05, 3.63) is 279 Å². The first-order chi connectivity index (χ1) is 33.7. The van der Waals surface area contributed by atoms with Gasteiger partial charge in [-0.05, 0) is 146 Å². The standard InChI is InChI=1S/C66H46N2/c1-6-20-47(21-7-1)54-36-37-66-64(46-54)63-34-16-17-35-65(63)68(66)60-33-19-31-53(41-60)52-30-18-32-59(40-52)67(61-42-55(48-22-8-2-9-23-48)38-56(43-61)49-24-10-3-11-25-49)62-44-57(50-26-12-4-13-27-50)39-58(45-62)51-28-14-5-15-29-51/h1-46H. The van der Waals surface area contributed by atoms with Gasteiger partial charge in [0.2, 0.25) is 0 Å². The van der Waals surface area contributed by atoms with Crippen LogP contribution < -0.4 is 4.90 Å². The second-order valence-electron chi connectivity index (χ2n) is 17.4. The molecule has 11 aromatic carbocycles. The minimum atomic E-state index is 1.06. The van der Waals surface area contributed by atoms with Crippen LogP contribution in [-0.2, 0) is 0 Å². The van der Waals surface area contributed by atoms with Crippen LogP contribution in [0.2, 0.25) is 0 Å². The summed E-state index contributed by atoms with van der Waals surface area (Å²) in [5.74, 6) is 0. The zero-order chi connectivity index (χ0) is 45.2. The highest BCUT2D eigenvalue weighted by atomic mass is 15.1. The quantitative estimate of drug-likeness (QED) is 0.133. The Morgan fingerprint density at radius 3 is 1.07 bits per heavy atom. The van der Waals surface area contributed by atoms with Crippen LogP contribution in [0.3, 0.4) is 0 Å². The van der Waals surface area contributed by atoms with Crippen LogP contribution in [0, 0.1) is 0 Å². The highest BCUT2D eigenvalue weighted by Gasteiger charge is 2.20. The van der Waals surface area contributed by atoms with Gasteiger partial charge in [0.05, 0.1) is 11.0 Å². The number of nitrogens with zero attached hydrogens (tertiary/aromatic N) is 2. The van der Waals surface area contributed by atoms with Crippen molar-refractivity contribution in [3.63, 3.8) is 0 Å². The number of anilines is 3. The van der Waals surface area contributed by atoms with Crippen LogP contribution in [0.1, 0.15) is 0 Å². The lowest BCUT2D eigenvalue weighted by Gasteiger charge is -2.28. The summed E-state index contributed by atoms with van der Waals surface area (Å²) in [4.78, 5) is 2.45. The second-order valence-corrected chi connectivity index (χ2v) is 17.4. The molecule has 0 spiro atoms. The average molecular weight is 867 g/mol. The molecule has 0 radical (unpaired) electrons. The summed E-state index contributed by atoms with van der Waals surface area (Å²) < 4.78 is 2.42. The van der Waals surface area contributed by atoms with E-state index < -0.39 is 0 Å². The normalized spacial score (nSPS) is 11.2. The summed E-state index contributed by atoms with van der Waals surface area (Å²) in [6.07, 6.45) is 0. The summed E-state index contributed by atoms with van der Waals surface area (Å²) in [6.45, 7) is 0. The molecule has 1 heterocycles. The lowest BCUT2D eigenvalue weighted by Crippen LogP contribution is -2.11. The molecule has 0 amide bonds. The van der Waals surface area contributed by atoms with Crippen molar-refractivity contribution in [3.8, 4) is 72.4 Å². The molecule has 2 heteroatoms. The molecule has 0 saturated heterocycles. The Balaban J connectivity index is 1.05. The van der Waals surface area contributed by atoms with Gasteiger partial charge < -0.3 is 9.47 Å². The number of rotatable bonds is 10. The highest BCUT2D eigenvalue weighted by Crippen LogP contribution is 2.44. The van der Waals surface area contributed by atoms with Crippen LogP contribution in [-0.4, -0.2) is 4.57 Å². The van der Waals surface area contributed by atoms with E-state index in [9.17, 15) is 0 Å². The highest BCUT2D eigenvalue weighted by molar-refractivity contribution is 6.10. The summed E-state index contributed by atoms with van der Waals surface area (Å²) >= 11 is 0. The first-order valence-electron chi connectivity index (χ1n) is 23.3. The van der Waals surface area contributed by atoms with Crippen molar-refractivity contribution in [2.75, 3.05) is 4.90 Å². The van der Waals surface area contributed by atoms with Crippen LogP contribution in [0.5, 0.6) is 0 Å². The van der Waals surface area contributed by atoms with Gasteiger partial charge in [-0.15, -0.1) is 0 Å². The molecule has 0 aliphatic carbocycles. The summed E-state index contributed by atoms with van der Waals surface area (Å²) in [5.41, 5.74) is 20.7. The van der Waals surface area contributed by atoms with E-state index in [0.717, 1.165) is 56.1 Å². The molecule has 0 bridgehead atoms. The molecule has 0 aliphatic rings. The smallest absolute Gasteiger partial charge is 0.0541 e. The largest absolute Gasteiger partial charge is 0.310 e. The molecule has 12 rings (SSSR count). The maximum Gasteiger partial charge on any atom is 0.0541 e. The van der Waals surface area contributed by atoms with Crippen LogP contribution in [0.25, 0.3) is 94.3 Å². The van der Waals surface area contributed by atoms with Crippen molar-refractivity contribution < 1.29 is 0 Å². The summed E-state index contributed by atoms with van der Waals surface area (Å²) in [5, 5.41) is 2.48. The van der Waals surface area contributed by atoms with Crippen molar-refractivity contribution in [2.24, 2.45) is 0 Å². The number of hydrogen-bond donors (Lipinski definition) is 0. The Morgan fingerprint density at radius 1 is 0.206 bits per heavy atom. The second kappa shape index (κ2) is 17.8. The van der Waals surface area contributed by atoms with Crippen molar-refractivity contribution in [1.82, 2.24) is 4.57 Å². The predicted octanol–water partition coefficient (Wildman–Crippen LogP) is 18.3. The third kappa shape index (κ3) is 7.85. The zero-order valence-corrected chi connectivity index (χ0v) is 37.5. The van der Waals surface area contributed by atoms with E-state index in [4.69, 9.17) is 0 Å². The van der Waals surface area contributed by atoms with Crippen molar-refractivity contribution >= 4 is 38.9 Å². The monoisotopic (exact) mass is 866 g/mol. The first kappa shape index (κ1) is 40.5. The fraction of sp³-hybridized carbons (Fsp3) is 0. The average Bonchev–Trinajstić information content (AvgIpc) is 3.76. The molecule has 68 heavy (non-hydrogen) atoms. The van der Waals surface area contributed by atoms with Gasteiger partial charge in [-0.3, -0.25) is 0 Å². The maximum absolute atomic E-state index is 2.45. The Labute approximate surface area is 397 Å². The van der Waals surface area contributed by atoms with E-state index in [1.165, 1.54) is 55.2 Å². The van der Waals surface area contributed by atoms with E-state index >= 15 is 0 Å². The third-order valence-electron chi connectivity index (χ3n) is 13.1. The van der Waals surface area contributed by atoms with E-state index in [1.54, 1.807) is 0 Å². The van der Waals surface area contributed by atoms with Gasteiger partial charge in [0, 0.05) is 33.5 Å². The van der Waals surface area contributed by atoms with Crippen molar-refractivity contribution in [1.29, 1.82) is 0 Å². The fourth-order valence-electron chi connectivity index (χ4n) is 9.83. The third-order valence-corrected chi connectivity index (χ3v) is 13.1. The van der Waals surface area contributed by atoms with Gasteiger partial charge in [0.25, 0.3) is 0 Å².